The standard InChI is InChI=1S/C17H25NO3/c1-16(2,3)12-10-8-7-9-11(12)14(19)18-13(15(20)21)17(4,5)6/h7-10,13H,1-6H3,(H,18,19)(H,20,21)/t13-/m1/s1. The van der Waals surface area contributed by atoms with Crippen LogP contribution in [0, 0.1) is 5.41 Å². The maximum Gasteiger partial charge on any atom is 0.326 e. The first-order valence-corrected chi connectivity index (χ1v) is 7.08. The highest BCUT2D eigenvalue weighted by Gasteiger charge is 2.33. The summed E-state index contributed by atoms with van der Waals surface area (Å²) in [6.45, 7) is 11.5. The van der Waals surface area contributed by atoms with E-state index in [2.05, 4.69) is 5.32 Å². The van der Waals surface area contributed by atoms with Gasteiger partial charge in [0, 0.05) is 5.56 Å². The lowest BCUT2D eigenvalue weighted by molar-refractivity contribution is -0.142. The average Bonchev–Trinajstić information content (AvgIpc) is 2.32. The van der Waals surface area contributed by atoms with Gasteiger partial charge in [-0.25, -0.2) is 4.79 Å². The Bertz CT molecular complexity index is 536. The second kappa shape index (κ2) is 5.88. The lowest BCUT2D eigenvalue weighted by Gasteiger charge is -2.29. The van der Waals surface area contributed by atoms with Gasteiger partial charge in [0.1, 0.15) is 6.04 Å². The predicted molar refractivity (Wildman–Crippen MR) is 83.5 cm³/mol. The highest BCUT2D eigenvalue weighted by molar-refractivity contribution is 5.98. The van der Waals surface area contributed by atoms with Crippen molar-refractivity contribution in [2.45, 2.75) is 53.0 Å². The van der Waals surface area contributed by atoms with Crippen molar-refractivity contribution in [3.05, 3.63) is 35.4 Å². The molecule has 0 aromatic heterocycles. The Balaban J connectivity index is 3.13. The van der Waals surface area contributed by atoms with Gasteiger partial charge in [0.25, 0.3) is 5.91 Å². The van der Waals surface area contributed by atoms with Gasteiger partial charge in [-0.05, 0) is 22.5 Å². The molecule has 1 amide bonds. The number of rotatable bonds is 3. The van der Waals surface area contributed by atoms with E-state index in [0.717, 1.165) is 5.56 Å². The van der Waals surface area contributed by atoms with E-state index in [1.807, 2.05) is 32.9 Å². The number of nitrogens with one attached hydrogen (secondary N) is 1. The van der Waals surface area contributed by atoms with Gasteiger partial charge in [0.05, 0.1) is 0 Å². The third-order valence-electron chi connectivity index (χ3n) is 3.37. The van der Waals surface area contributed by atoms with Gasteiger partial charge in [0.15, 0.2) is 0 Å². The first-order chi connectivity index (χ1) is 9.44. The molecule has 0 aliphatic carbocycles. The summed E-state index contributed by atoms with van der Waals surface area (Å²) in [4.78, 5) is 23.9. The van der Waals surface area contributed by atoms with Gasteiger partial charge in [-0.15, -0.1) is 0 Å². The van der Waals surface area contributed by atoms with E-state index in [1.54, 1.807) is 32.9 Å². The van der Waals surface area contributed by atoms with Crippen LogP contribution in [-0.4, -0.2) is 23.0 Å². The van der Waals surface area contributed by atoms with Gasteiger partial charge in [0.2, 0.25) is 0 Å². The normalized spacial score (nSPS) is 13.6. The summed E-state index contributed by atoms with van der Waals surface area (Å²) in [6.07, 6.45) is 0. The van der Waals surface area contributed by atoms with Gasteiger partial charge in [-0.2, -0.15) is 0 Å². The molecule has 0 radical (unpaired) electrons. The van der Waals surface area contributed by atoms with Crippen molar-refractivity contribution in [3.63, 3.8) is 0 Å². The zero-order valence-corrected chi connectivity index (χ0v) is 13.7. The summed E-state index contributed by atoms with van der Waals surface area (Å²) in [5.41, 5.74) is 0.688. The molecule has 1 atom stereocenters. The van der Waals surface area contributed by atoms with Crippen LogP contribution >= 0.6 is 0 Å². The Morgan fingerprint density at radius 1 is 1.05 bits per heavy atom. The van der Waals surface area contributed by atoms with E-state index in [9.17, 15) is 14.7 Å². The minimum atomic E-state index is -1.02. The summed E-state index contributed by atoms with van der Waals surface area (Å²) >= 11 is 0. The molecule has 0 spiro atoms. The fourth-order valence-corrected chi connectivity index (χ4v) is 2.19. The summed E-state index contributed by atoms with van der Waals surface area (Å²) in [5, 5.41) is 12.0. The van der Waals surface area contributed by atoms with Crippen molar-refractivity contribution < 1.29 is 14.7 Å². The number of hydrogen-bond acceptors (Lipinski definition) is 2. The molecule has 1 rings (SSSR count). The molecule has 0 fully saturated rings. The van der Waals surface area contributed by atoms with Crippen molar-refractivity contribution in [2.24, 2.45) is 5.41 Å². The van der Waals surface area contributed by atoms with Crippen LogP contribution in [0.15, 0.2) is 24.3 Å². The summed E-state index contributed by atoms with van der Waals surface area (Å²) < 4.78 is 0. The molecule has 116 valence electrons. The number of carbonyl (C=O) groups excluding carboxylic acids is 1. The largest absolute Gasteiger partial charge is 0.480 e. The average molecular weight is 291 g/mol. The third kappa shape index (κ3) is 4.31. The van der Waals surface area contributed by atoms with Crippen molar-refractivity contribution in [1.82, 2.24) is 5.32 Å². The Kier molecular flexibility index (Phi) is 4.82. The van der Waals surface area contributed by atoms with Crippen molar-refractivity contribution in [3.8, 4) is 0 Å². The molecule has 21 heavy (non-hydrogen) atoms. The molecule has 2 N–H and O–H groups in total. The number of hydrogen-bond donors (Lipinski definition) is 2. The first kappa shape index (κ1) is 17.2. The molecule has 0 bridgehead atoms. The van der Waals surface area contributed by atoms with Gasteiger partial charge >= 0.3 is 5.97 Å². The minimum absolute atomic E-state index is 0.186. The molecule has 1 aromatic rings. The number of benzene rings is 1. The van der Waals surface area contributed by atoms with Crippen LogP contribution < -0.4 is 5.32 Å². The lowest BCUT2D eigenvalue weighted by Crippen LogP contribution is -2.49. The third-order valence-corrected chi connectivity index (χ3v) is 3.37. The Morgan fingerprint density at radius 2 is 1.57 bits per heavy atom. The maximum absolute atomic E-state index is 12.5. The van der Waals surface area contributed by atoms with E-state index in [0.29, 0.717) is 5.56 Å². The van der Waals surface area contributed by atoms with Crippen LogP contribution in [0.2, 0.25) is 0 Å². The molecule has 0 heterocycles. The predicted octanol–water partition coefficient (Wildman–Crippen LogP) is 3.21. The number of aliphatic carboxylic acids is 1. The second-order valence-corrected chi connectivity index (χ2v) is 7.41. The first-order valence-electron chi connectivity index (χ1n) is 7.08. The van der Waals surface area contributed by atoms with E-state index in [1.165, 1.54) is 0 Å². The maximum atomic E-state index is 12.5. The number of carbonyl (C=O) groups is 2. The zero-order valence-electron chi connectivity index (χ0n) is 13.7. The quantitative estimate of drug-likeness (QED) is 0.898. The monoisotopic (exact) mass is 291 g/mol. The fraction of sp³-hybridized carbons (Fsp3) is 0.529. The summed E-state index contributed by atoms with van der Waals surface area (Å²) in [6, 6.07) is 6.38. The smallest absolute Gasteiger partial charge is 0.326 e. The fourth-order valence-electron chi connectivity index (χ4n) is 2.19. The zero-order chi connectivity index (χ0) is 16.4. The van der Waals surface area contributed by atoms with Crippen LogP contribution in [0.25, 0.3) is 0 Å². The van der Waals surface area contributed by atoms with Crippen LogP contribution in [0.3, 0.4) is 0 Å². The van der Waals surface area contributed by atoms with Crippen LogP contribution in [0.4, 0.5) is 0 Å². The van der Waals surface area contributed by atoms with Crippen molar-refractivity contribution >= 4 is 11.9 Å². The summed E-state index contributed by atoms with van der Waals surface area (Å²) in [5.74, 6) is -1.37. The molecule has 4 heteroatoms. The molecule has 0 aliphatic heterocycles. The number of carboxylic acids is 1. The van der Waals surface area contributed by atoms with E-state index in [-0.39, 0.29) is 11.3 Å². The van der Waals surface area contributed by atoms with Crippen molar-refractivity contribution in [2.75, 3.05) is 0 Å². The van der Waals surface area contributed by atoms with Crippen molar-refractivity contribution in [1.29, 1.82) is 0 Å². The number of carboxylic acid groups (broad SMARTS) is 1. The van der Waals surface area contributed by atoms with E-state index >= 15 is 0 Å². The highest BCUT2D eigenvalue weighted by Crippen LogP contribution is 2.26. The van der Waals surface area contributed by atoms with Crippen LogP contribution in [0.5, 0.6) is 0 Å². The highest BCUT2D eigenvalue weighted by atomic mass is 16.4. The molecular formula is C17H25NO3. The topological polar surface area (TPSA) is 66.4 Å². The van der Waals surface area contributed by atoms with Gasteiger partial charge in [-0.1, -0.05) is 59.7 Å². The molecule has 1 aromatic carbocycles. The molecule has 0 saturated carbocycles. The molecular weight excluding hydrogens is 266 g/mol. The van der Waals surface area contributed by atoms with Crippen LogP contribution in [-0.2, 0) is 10.2 Å². The van der Waals surface area contributed by atoms with E-state index < -0.39 is 17.4 Å². The van der Waals surface area contributed by atoms with Gasteiger partial charge in [-0.3, -0.25) is 4.79 Å². The Morgan fingerprint density at radius 3 is 2.00 bits per heavy atom. The second-order valence-electron chi connectivity index (χ2n) is 7.41. The molecule has 4 nitrogen and oxygen atoms in total. The minimum Gasteiger partial charge on any atom is -0.480 e. The SMILES string of the molecule is CC(C)(C)c1ccccc1C(=O)N[C@H](C(=O)O)C(C)(C)C. The molecule has 0 saturated heterocycles. The Hall–Kier alpha value is -1.84. The molecule has 0 aliphatic rings. The van der Waals surface area contributed by atoms with E-state index in [4.69, 9.17) is 0 Å². The van der Waals surface area contributed by atoms with Crippen LogP contribution in [0.1, 0.15) is 57.5 Å². The number of amides is 1. The lowest BCUT2D eigenvalue weighted by atomic mass is 9.83. The molecule has 0 unspecified atom stereocenters. The Labute approximate surface area is 126 Å². The van der Waals surface area contributed by atoms with Gasteiger partial charge < -0.3 is 10.4 Å². The summed E-state index contributed by atoms with van der Waals surface area (Å²) in [7, 11) is 0.